The van der Waals surface area contributed by atoms with E-state index in [0.717, 1.165) is 19.6 Å². The average Bonchev–Trinajstić information content (AvgIpc) is 2.33. The second kappa shape index (κ2) is 5.07. The van der Waals surface area contributed by atoms with Gasteiger partial charge in [-0.25, -0.2) is 0 Å². The lowest BCUT2D eigenvalue weighted by Crippen LogP contribution is -2.18. The first-order chi connectivity index (χ1) is 5.43. The van der Waals surface area contributed by atoms with Crippen LogP contribution in [0, 0.1) is 0 Å². The van der Waals surface area contributed by atoms with Crippen molar-refractivity contribution in [2.75, 3.05) is 19.6 Å². The summed E-state index contributed by atoms with van der Waals surface area (Å²) in [5.74, 6) is 0. The maximum absolute atomic E-state index is 8.74. The summed E-state index contributed by atoms with van der Waals surface area (Å²) in [7, 11) is -4.67. The van der Waals surface area contributed by atoms with E-state index in [1.807, 2.05) is 6.34 Å². The third kappa shape index (κ3) is 9.34. The molecule has 1 heterocycles. The van der Waals surface area contributed by atoms with E-state index in [0.29, 0.717) is 0 Å². The quantitative estimate of drug-likeness (QED) is 0.562. The lowest BCUT2D eigenvalue weighted by molar-refractivity contribution is 0.381. The fourth-order valence-electron chi connectivity index (χ4n) is 0.657. The highest BCUT2D eigenvalue weighted by Crippen LogP contribution is 1.89. The Labute approximate surface area is 71.5 Å². The molecule has 0 atom stereocenters. The van der Waals surface area contributed by atoms with Gasteiger partial charge in [0.15, 0.2) is 0 Å². The van der Waals surface area contributed by atoms with Crippen molar-refractivity contribution >= 4 is 16.7 Å². The SMILES string of the molecule is CCN1C=NCC1.O=S(=O)(O)O. The van der Waals surface area contributed by atoms with Crippen molar-refractivity contribution in [2.24, 2.45) is 4.99 Å². The van der Waals surface area contributed by atoms with Crippen molar-refractivity contribution in [3.05, 3.63) is 0 Å². The monoisotopic (exact) mass is 196 g/mol. The van der Waals surface area contributed by atoms with Crippen LogP contribution in [0.3, 0.4) is 0 Å². The van der Waals surface area contributed by atoms with Gasteiger partial charge in [0.2, 0.25) is 0 Å². The molecule has 0 spiro atoms. The molecule has 0 bridgehead atoms. The molecule has 7 heteroatoms. The molecule has 0 aromatic rings. The van der Waals surface area contributed by atoms with E-state index in [1.54, 1.807) is 0 Å². The first-order valence-corrected chi connectivity index (χ1v) is 4.77. The molecular weight excluding hydrogens is 184 g/mol. The highest BCUT2D eigenvalue weighted by molar-refractivity contribution is 7.79. The molecule has 6 nitrogen and oxygen atoms in total. The molecule has 1 aliphatic heterocycles. The van der Waals surface area contributed by atoms with Crippen molar-refractivity contribution in [1.82, 2.24) is 4.90 Å². The van der Waals surface area contributed by atoms with E-state index in [-0.39, 0.29) is 0 Å². The number of hydrogen-bond acceptors (Lipinski definition) is 4. The summed E-state index contributed by atoms with van der Waals surface area (Å²) in [5, 5.41) is 0. The van der Waals surface area contributed by atoms with Crippen molar-refractivity contribution in [3.63, 3.8) is 0 Å². The van der Waals surface area contributed by atoms with Gasteiger partial charge in [0.1, 0.15) is 0 Å². The highest BCUT2D eigenvalue weighted by Gasteiger charge is 1.98. The van der Waals surface area contributed by atoms with Crippen LogP contribution >= 0.6 is 0 Å². The van der Waals surface area contributed by atoms with Crippen molar-refractivity contribution in [3.8, 4) is 0 Å². The van der Waals surface area contributed by atoms with Gasteiger partial charge in [0, 0.05) is 13.1 Å². The average molecular weight is 196 g/mol. The van der Waals surface area contributed by atoms with Crippen LogP contribution in [0.1, 0.15) is 6.92 Å². The maximum atomic E-state index is 8.74. The molecule has 0 aromatic carbocycles. The third-order valence-electron chi connectivity index (χ3n) is 1.17. The number of likely N-dealkylation sites (N-methyl/N-ethyl adjacent to an activating group) is 1. The van der Waals surface area contributed by atoms with Gasteiger partial charge in [-0.05, 0) is 6.92 Å². The van der Waals surface area contributed by atoms with E-state index in [4.69, 9.17) is 17.5 Å². The molecule has 1 rings (SSSR count). The van der Waals surface area contributed by atoms with E-state index >= 15 is 0 Å². The van der Waals surface area contributed by atoms with Crippen LogP contribution in [-0.2, 0) is 10.4 Å². The Balaban J connectivity index is 0.000000217. The van der Waals surface area contributed by atoms with Gasteiger partial charge in [-0.15, -0.1) is 0 Å². The summed E-state index contributed by atoms with van der Waals surface area (Å²) in [4.78, 5) is 6.23. The van der Waals surface area contributed by atoms with Crippen molar-refractivity contribution in [2.45, 2.75) is 6.92 Å². The molecule has 1 aliphatic rings. The van der Waals surface area contributed by atoms with E-state index < -0.39 is 10.4 Å². The normalized spacial score (nSPS) is 15.8. The fourth-order valence-corrected chi connectivity index (χ4v) is 0.657. The molecule has 0 aliphatic carbocycles. The molecule has 72 valence electrons. The van der Waals surface area contributed by atoms with Crippen LogP contribution in [0.2, 0.25) is 0 Å². The van der Waals surface area contributed by atoms with Gasteiger partial charge in [-0.1, -0.05) is 0 Å². The van der Waals surface area contributed by atoms with Gasteiger partial charge in [0.25, 0.3) is 0 Å². The van der Waals surface area contributed by atoms with E-state index in [2.05, 4.69) is 16.8 Å². The van der Waals surface area contributed by atoms with Crippen molar-refractivity contribution in [1.29, 1.82) is 0 Å². The molecule has 0 fully saturated rings. The minimum absolute atomic E-state index is 0.994. The van der Waals surface area contributed by atoms with E-state index in [1.165, 1.54) is 0 Å². The lowest BCUT2D eigenvalue weighted by atomic mass is 10.6. The van der Waals surface area contributed by atoms with E-state index in [9.17, 15) is 0 Å². The first-order valence-electron chi connectivity index (χ1n) is 3.37. The largest absolute Gasteiger partial charge is 0.394 e. The highest BCUT2D eigenvalue weighted by atomic mass is 32.3. The van der Waals surface area contributed by atoms with Crippen LogP contribution in [0.15, 0.2) is 4.99 Å². The smallest absolute Gasteiger partial charge is 0.361 e. The van der Waals surface area contributed by atoms with Gasteiger partial charge in [0.05, 0.1) is 12.9 Å². The predicted octanol–water partition coefficient (Wildman–Crippen LogP) is -0.303. The number of rotatable bonds is 1. The van der Waals surface area contributed by atoms with Gasteiger partial charge >= 0.3 is 10.4 Å². The first kappa shape index (κ1) is 11.3. The van der Waals surface area contributed by atoms with Gasteiger partial charge in [-0.3, -0.25) is 14.1 Å². The van der Waals surface area contributed by atoms with Crippen LogP contribution in [0.5, 0.6) is 0 Å². The standard InChI is InChI=1S/C5H10N2.H2O4S/c1-2-7-4-3-6-5-7;1-5(2,3)4/h5H,2-4H2,1H3;(H2,1,2,3,4). The Morgan fingerprint density at radius 3 is 2.25 bits per heavy atom. The van der Waals surface area contributed by atoms with Gasteiger partial charge in [-0.2, -0.15) is 8.42 Å². The summed E-state index contributed by atoms with van der Waals surface area (Å²) >= 11 is 0. The van der Waals surface area contributed by atoms with Crippen LogP contribution in [-0.4, -0.2) is 48.4 Å². The Hall–Kier alpha value is -0.660. The summed E-state index contributed by atoms with van der Waals surface area (Å²) in [5.41, 5.74) is 0. The molecule has 0 aromatic heterocycles. The zero-order valence-corrected chi connectivity index (χ0v) is 7.53. The fraction of sp³-hybridized carbons (Fsp3) is 0.800. The Morgan fingerprint density at radius 1 is 1.58 bits per heavy atom. The predicted molar refractivity (Wildman–Crippen MR) is 44.8 cm³/mol. The molecule has 0 radical (unpaired) electrons. The van der Waals surface area contributed by atoms with Crippen LogP contribution in [0.25, 0.3) is 0 Å². The third-order valence-corrected chi connectivity index (χ3v) is 1.17. The zero-order chi connectivity index (χ0) is 9.61. The zero-order valence-electron chi connectivity index (χ0n) is 6.71. The summed E-state index contributed by atoms with van der Waals surface area (Å²) in [6, 6.07) is 0. The molecular formula is C5H12N2O4S. The minimum Gasteiger partial charge on any atom is -0.361 e. The molecule has 2 N–H and O–H groups in total. The number of nitrogens with zero attached hydrogens (tertiary/aromatic N) is 2. The maximum Gasteiger partial charge on any atom is 0.394 e. The second-order valence-corrected chi connectivity index (χ2v) is 2.99. The number of hydrogen-bond donors (Lipinski definition) is 2. The topological polar surface area (TPSA) is 90.2 Å². The minimum atomic E-state index is -4.67. The second-order valence-electron chi connectivity index (χ2n) is 2.10. The Kier molecular flexibility index (Phi) is 4.79. The van der Waals surface area contributed by atoms with Crippen LogP contribution < -0.4 is 0 Å². The summed E-state index contributed by atoms with van der Waals surface area (Å²) in [6.45, 7) is 5.35. The molecule has 0 amide bonds. The Morgan fingerprint density at radius 2 is 2.08 bits per heavy atom. The molecule has 12 heavy (non-hydrogen) atoms. The summed E-state index contributed by atoms with van der Waals surface area (Å²) in [6.07, 6.45) is 1.92. The molecule has 0 saturated heterocycles. The Bertz CT molecular complexity index is 228. The van der Waals surface area contributed by atoms with Crippen molar-refractivity contribution < 1.29 is 17.5 Å². The van der Waals surface area contributed by atoms with Gasteiger partial charge < -0.3 is 4.90 Å². The molecule has 0 saturated carbocycles. The summed E-state index contributed by atoms with van der Waals surface area (Å²) < 4.78 is 31.6. The lowest BCUT2D eigenvalue weighted by Gasteiger charge is -2.07. The van der Waals surface area contributed by atoms with Crippen LogP contribution in [0.4, 0.5) is 0 Å². The number of aliphatic imine (C=N–C) groups is 1. The molecule has 0 unspecified atom stereocenters.